The van der Waals surface area contributed by atoms with E-state index >= 15 is 0 Å². The van der Waals surface area contributed by atoms with E-state index in [9.17, 15) is 10.1 Å². The Morgan fingerprint density at radius 3 is 2.74 bits per heavy atom. The number of carbonyl (C=O) groups excluding carboxylic acids is 1. The van der Waals surface area contributed by atoms with E-state index in [1.54, 1.807) is 36.6 Å². The SMILES string of the molecule is CNC(=O)/C(C=N)=C1C=C(/C(=C/C(=N)NCc2ccccc2C#N)Nc2cccc(C)n2)C=CN\1. The summed E-state index contributed by atoms with van der Waals surface area (Å²) in [5, 5.41) is 37.2. The van der Waals surface area contributed by atoms with Gasteiger partial charge in [-0.2, -0.15) is 5.26 Å². The first-order valence-corrected chi connectivity index (χ1v) is 10.8. The number of carbonyl (C=O) groups is 1. The quantitative estimate of drug-likeness (QED) is 0.200. The molecule has 176 valence electrons. The number of nitrogens with zero attached hydrogens (tertiary/aromatic N) is 2. The van der Waals surface area contributed by atoms with Crippen LogP contribution in [-0.4, -0.2) is 30.0 Å². The Kier molecular flexibility index (Phi) is 8.29. The summed E-state index contributed by atoms with van der Waals surface area (Å²) in [4.78, 5) is 16.7. The molecule has 1 amide bonds. The molecule has 0 saturated heterocycles. The van der Waals surface area contributed by atoms with Crippen molar-refractivity contribution in [3.8, 4) is 6.07 Å². The monoisotopic (exact) mass is 466 g/mol. The molecule has 0 aliphatic carbocycles. The number of aryl methyl sites for hydroxylation is 1. The number of dihydropyridines is 1. The number of rotatable bonds is 8. The molecule has 9 heteroatoms. The topological polar surface area (TPSA) is 150 Å². The van der Waals surface area contributed by atoms with Crippen LogP contribution in [0.5, 0.6) is 0 Å². The molecule has 3 rings (SSSR count). The number of allylic oxidation sites excluding steroid dienone is 2. The van der Waals surface area contributed by atoms with Crippen molar-refractivity contribution < 1.29 is 4.79 Å². The molecule has 2 aromatic rings. The van der Waals surface area contributed by atoms with E-state index in [1.807, 2.05) is 37.3 Å². The highest BCUT2D eigenvalue weighted by atomic mass is 16.1. The van der Waals surface area contributed by atoms with Gasteiger partial charge in [-0.25, -0.2) is 4.98 Å². The van der Waals surface area contributed by atoms with Gasteiger partial charge in [-0.1, -0.05) is 24.3 Å². The number of hydrogen-bond acceptors (Lipinski definition) is 7. The van der Waals surface area contributed by atoms with Gasteiger partial charge in [0.25, 0.3) is 5.91 Å². The fourth-order valence-electron chi connectivity index (χ4n) is 3.30. The lowest BCUT2D eigenvalue weighted by molar-refractivity contribution is -0.116. The molecule has 0 radical (unpaired) electrons. The van der Waals surface area contributed by atoms with E-state index in [-0.39, 0.29) is 11.4 Å². The molecule has 0 saturated carbocycles. The zero-order valence-corrected chi connectivity index (χ0v) is 19.4. The van der Waals surface area contributed by atoms with Gasteiger partial charge >= 0.3 is 0 Å². The van der Waals surface area contributed by atoms with E-state index in [0.29, 0.717) is 34.9 Å². The van der Waals surface area contributed by atoms with Crippen LogP contribution in [0.25, 0.3) is 0 Å². The lowest BCUT2D eigenvalue weighted by atomic mass is 10.0. The third kappa shape index (κ3) is 6.52. The van der Waals surface area contributed by atoms with Crippen molar-refractivity contribution in [2.24, 2.45) is 0 Å². The van der Waals surface area contributed by atoms with Gasteiger partial charge in [-0.05, 0) is 42.8 Å². The predicted molar refractivity (Wildman–Crippen MR) is 137 cm³/mol. The molecule has 0 spiro atoms. The third-order valence-electron chi connectivity index (χ3n) is 5.07. The van der Waals surface area contributed by atoms with E-state index in [2.05, 4.69) is 32.3 Å². The van der Waals surface area contributed by atoms with Crippen molar-refractivity contribution in [3.63, 3.8) is 0 Å². The van der Waals surface area contributed by atoms with E-state index in [4.69, 9.17) is 10.8 Å². The van der Waals surface area contributed by atoms with Gasteiger partial charge in [0, 0.05) is 43.4 Å². The number of benzene rings is 1. The maximum absolute atomic E-state index is 12.2. The third-order valence-corrected chi connectivity index (χ3v) is 5.07. The summed E-state index contributed by atoms with van der Waals surface area (Å²) in [6.45, 7) is 2.19. The number of anilines is 1. The van der Waals surface area contributed by atoms with Gasteiger partial charge in [0.05, 0.1) is 28.6 Å². The predicted octanol–water partition coefficient (Wildman–Crippen LogP) is 3.02. The average Bonchev–Trinajstić information content (AvgIpc) is 2.87. The second kappa shape index (κ2) is 11.8. The van der Waals surface area contributed by atoms with Crippen LogP contribution < -0.4 is 21.3 Å². The Bertz CT molecular complexity index is 1310. The maximum Gasteiger partial charge on any atom is 0.254 e. The van der Waals surface area contributed by atoms with Gasteiger partial charge < -0.3 is 26.7 Å². The van der Waals surface area contributed by atoms with Gasteiger partial charge in [0.1, 0.15) is 11.7 Å². The van der Waals surface area contributed by atoms with Gasteiger partial charge in [0.2, 0.25) is 0 Å². The molecule has 6 N–H and O–H groups in total. The number of amides is 1. The fourth-order valence-corrected chi connectivity index (χ4v) is 3.30. The Morgan fingerprint density at radius 1 is 1.23 bits per heavy atom. The van der Waals surface area contributed by atoms with Crippen molar-refractivity contribution in [1.82, 2.24) is 20.9 Å². The maximum atomic E-state index is 12.2. The van der Waals surface area contributed by atoms with Crippen molar-refractivity contribution >= 4 is 23.8 Å². The van der Waals surface area contributed by atoms with Crippen molar-refractivity contribution in [2.45, 2.75) is 13.5 Å². The minimum absolute atomic E-state index is 0.116. The Morgan fingerprint density at radius 2 is 2.03 bits per heavy atom. The Balaban J connectivity index is 1.95. The van der Waals surface area contributed by atoms with Crippen molar-refractivity contribution in [2.75, 3.05) is 12.4 Å². The summed E-state index contributed by atoms with van der Waals surface area (Å²) in [5.41, 5.74) is 4.02. The minimum atomic E-state index is -0.391. The first kappa shape index (κ1) is 24.7. The Labute approximate surface area is 204 Å². The highest BCUT2D eigenvalue weighted by Crippen LogP contribution is 2.21. The van der Waals surface area contributed by atoms with Crippen LogP contribution in [0, 0.1) is 29.1 Å². The van der Waals surface area contributed by atoms with Crippen LogP contribution in [0.2, 0.25) is 0 Å². The molecular formula is C26H26N8O. The second-order valence-corrected chi connectivity index (χ2v) is 7.51. The molecule has 0 bridgehead atoms. The summed E-state index contributed by atoms with van der Waals surface area (Å²) in [5.74, 6) is 0.318. The number of amidine groups is 1. The fraction of sp³-hybridized carbons (Fsp3) is 0.115. The molecule has 0 unspecified atom stereocenters. The zero-order valence-electron chi connectivity index (χ0n) is 19.4. The number of nitriles is 1. The largest absolute Gasteiger partial charge is 0.366 e. The van der Waals surface area contributed by atoms with Crippen LogP contribution in [0.4, 0.5) is 5.82 Å². The van der Waals surface area contributed by atoms with E-state index in [0.717, 1.165) is 17.5 Å². The van der Waals surface area contributed by atoms with Crippen LogP contribution in [0.1, 0.15) is 16.8 Å². The first-order chi connectivity index (χ1) is 16.9. The molecule has 35 heavy (non-hydrogen) atoms. The summed E-state index contributed by atoms with van der Waals surface area (Å²) in [7, 11) is 1.50. The van der Waals surface area contributed by atoms with Gasteiger partial charge in [0.15, 0.2) is 0 Å². The zero-order chi connectivity index (χ0) is 25.2. The summed E-state index contributed by atoms with van der Waals surface area (Å²) < 4.78 is 0. The number of hydrogen-bond donors (Lipinski definition) is 6. The Hall–Kier alpha value is -4.97. The lowest BCUT2D eigenvalue weighted by Gasteiger charge is -2.18. The highest BCUT2D eigenvalue weighted by Gasteiger charge is 2.15. The van der Waals surface area contributed by atoms with Crippen molar-refractivity contribution in [3.05, 3.63) is 106 Å². The minimum Gasteiger partial charge on any atom is -0.366 e. The lowest BCUT2D eigenvalue weighted by Crippen LogP contribution is -2.25. The molecular weight excluding hydrogens is 440 g/mol. The van der Waals surface area contributed by atoms with Crippen LogP contribution in [0.3, 0.4) is 0 Å². The first-order valence-electron chi connectivity index (χ1n) is 10.8. The van der Waals surface area contributed by atoms with Gasteiger partial charge in [-0.3, -0.25) is 10.2 Å². The standard InChI is InChI=1S/C26H26N8O/c1-17-6-5-9-25(33-17)34-22(13-24(29)32-16-20-8-4-3-7-19(20)14-27)18-10-11-31-23(12-18)21(15-28)26(35)30-2/h3-13,15,28,31H,16H2,1-2H3,(H2,29,32)(H,30,35)(H,33,34)/b22-13-,23-21+,28-15?. The molecule has 9 nitrogen and oxygen atoms in total. The van der Waals surface area contributed by atoms with Crippen LogP contribution >= 0.6 is 0 Å². The molecule has 1 aliphatic heterocycles. The summed E-state index contributed by atoms with van der Waals surface area (Å²) in [6.07, 6.45) is 7.78. The normalized spacial score (nSPS) is 14.1. The molecule has 1 aromatic heterocycles. The highest BCUT2D eigenvalue weighted by molar-refractivity contribution is 6.12. The van der Waals surface area contributed by atoms with Gasteiger partial charge in [-0.15, -0.1) is 0 Å². The second-order valence-electron chi connectivity index (χ2n) is 7.51. The van der Waals surface area contributed by atoms with E-state index in [1.165, 1.54) is 7.05 Å². The van der Waals surface area contributed by atoms with Crippen LogP contribution in [0.15, 0.2) is 89.4 Å². The molecule has 1 aromatic carbocycles. The molecule has 0 fully saturated rings. The smallest absolute Gasteiger partial charge is 0.254 e. The van der Waals surface area contributed by atoms with E-state index < -0.39 is 5.91 Å². The summed E-state index contributed by atoms with van der Waals surface area (Å²) >= 11 is 0. The molecule has 1 aliphatic rings. The van der Waals surface area contributed by atoms with Crippen molar-refractivity contribution in [1.29, 1.82) is 16.1 Å². The van der Waals surface area contributed by atoms with Crippen LogP contribution in [-0.2, 0) is 11.3 Å². The number of nitrogens with one attached hydrogen (secondary N) is 6. The number of likely N-dealkylation sites (N-methyl/N-ethyl adjacent to an activating group) is 1. The summed E-state index contributed by atoms with van der Waals surface area (Å²) in [6, 6.07) is 15.0. The molecule has 0 atom stereocenters. The molecule has 2 heterocycles. The number of pyridine rings is 1. The number of aromatic nitrogens is 1. The average molecular weight is 467 g/mol.